The minimum Gasteiger partial charge on any atom is -0.388 e. The summed E-state index contributed by atoms with van der Waals surface area (Å²) in [6.07, 6.45) is 2.13. The van der Waals surface area contributed by atoms with Crippen LogP contribution in [0.1, 0.15) is 27.1 Å². The molecule has 4 rings (SSSR count). The van der Waals surface area contributed by atoms with Gasteiger partial charge in [-0.1, -0.05) is 31.9 Å². The Balaban J connectivity index is 1.46. The predicted molar refractivity (Wildman–Crippen MR) is 164 cm³/mol. The van der Waals surface area contributed by atoms with Gasteiger partial charge in [-0.3, -0.25) is 15.0 Å². The molecule has 0 bridgehead atoms. The molecule has 2 heterocycles. The lowest BCUT2D eigenvalue weighted by atomic mass is 10.1. The molecule has 0 radical (unpaired) electrons. The van der Waals surface area contributed by atoms with Crippen LogP contribution in [0.2, 0.25) is 0 Å². The van der Waals surface area contributed by atoms with Gasteiger partial charge in [0.25, 0.3) is 11.8 Å². The lowest BCUT2D eigenvalue weighted by Crippen LogP contribution is -2.27. The first-order valence-corrected chi connectivity index (χ1v) is 14.6. The summed E-state index contributed by atoms with van der Waals surface area (Å²) in [7, 11) is 1.88. The number of carbonyl (C=O) groups is 2. The highest BCUT2D eigenvalue weighted by atomic mass is 79.9. The molecule has 2 aromatic heterocycles. The molecule has 0 fully saturated rings. The largest absolute Gasteiger partial charge is 0.388 e. The van der Waals surface area contributed by atoms with Crippen LogP contribution in [0.4, 0.5) is 11.4 Å². The van der Waals surface area contributed by atoms with Gasteiger partial charge in [0, 0.05) is 66.8 Å². The molecule has 0 saturated carbocycles. The summed E-state index contributed by atoms with van der Waals surface area (Å²) in [5, 5.41) is 14.7. The number of nitrogens with two attached hydrogens (primary N) is 1. The van der Waals surface area contributed by atoms with Crippen LogP contribution in [-0.4, -0.2) is 62.5 Å². The summed E-state index contributed by atoms with van der Waals surface area (Å²) in [5.74, 6) is 0.199. The number of nitrogens with one attached hydrogen (secondary N) is 4. The number of hydrogen-bond donors (Lipinski definition) is 5. The van der Waals surface area contributed by atoms with Gasteiger partial charge in [-0.15, -0.1) is 0 Å². The number of nitrogens with zero attached hydrogens (tertiary/aromatic N) is 3. The maximum Gasteiger partial charge on any atom is 0.255 e. The third-order valence-electron chi connectivity index (χ3n) is 6.13. The molecule has 0 atom stereocenters. The fourth-order valence-electron chi connectivity index (χ4n) is 4.15. The Morgan fingerprint density at radius 2 is 1.74 bits per heavy atom. The van der Waals surface area contributed by atoms with Crippen LogP contribution < -0.4 is 21.3 Å². The van der Waals surface area contributed by atoms with Crippen molar-refractivity contribution in [3.63, 3.8) is 0 Å². The molecule has 39 heavy (non-hydrogen) atoms. The van der Waals surface area contributed by atoms with Crippen LogP contribution in [0, 0.1) is 5.41 Å². The zero-order valence-corrected chi connectivity index (χ0v) is 24.6. The monoisotopic (exact) mass is 656 g/mol. The van der Waals surface area contributed by atoms with Gasteiger partial charge in [0.2, 0.25) is 0 Å². The van der Waals surface area contributed by atoms with Gasteiger partial charge < -0.3 is 30.8 Å². The first kappa shape index (κ1) is 28.4. The summed E-state index contributed by atoms with van der Waals surface area (Å²) in [6.45, 7) is 2.05. The van der Waals surface area contributed by atoms with E-state index in [4.69, 9.17) is 11.1 Å². The van der Waals surface area contributed by atoms with Crippen LogP contribution in [-0.2, 0) is 7.05 Å². The lowest BCUT2D eigenvalue weighted by molar-refractivity contribution is 0.0954. The van der Waals surface area contributed by atoms with Crippen molar-refractivity contribution in [2.75, 3.05) is 40.5 Å². The first-order valence-electron chi connectivity index (χ1n) is 12.3. The summed E-state index contributed by atoms with van der Waals surface area (Å²) in [4.78, 5) is 35.5. The van der Waals surface area contributed by atoms with Crippen molar-refractivity contribution >= 4 is 71.9 Å². The third-order valence-corrected chi connectivity index (χ3v) is 6.84. The molecule has 12 heteroatoms. The zero-order chi connectivity index (χ0) is 27.9. The number of benzene rings is 2. The van der Waals surface area contributed by atoms with E-state index in [2.05, 4.69) is 57.4 Å². The van der Waals surface area contributed by atoms with E-state index in [1.807, 2.05) is 48.1 Å². The average molecular weight is 658 g/mol. The summed E-state index contributed by atoms with van der Waals surface area (Å²) < 4.78 is 1.88. The highest BCUT2D eigenvalue weighted by molar-refractivity contribution is 9.09. The van der Waals surface area contributed by atoms with Crippen LogP contribution >= 0.6 is 31.9 Å². The highest BCUT2D eigenvalue weighted by Gasteiger charge is 2.15. The Kier molecular flexibility index (Phi) is 9.41. The van der Waals surface area contributed by atoms with E-state index in [1.165, 1.54) is 0 Å². The number of H-pyrrole nitrogens is 1. The van der Waals surface area contributed by atoms with Crippen molar-refractivity contribution in [2.24, 2.45) is 12.8 Å². The summed E-state index contributed by atoms with van der Waals surface area (Å²) >= 11 is 6.98. The van der Waals surface area contributed by atoms with Crippen molar-refractivity contribution in [3.8, 4) is 11.5 Å². The number of amides is 2. The topological polar surface area (TPSA) is 145 Å². The fraction of sp³-hybridized carbons (Fsp3) is 0.259. The second-order valence-corrected chi connectivity index (χ2v) is 10.5. The maximum atomic E-state index is 12.9. The molecule has 10 nitrogen and oxygen atoms in total. The molecular weight excluding hydrogens is 628 g/mol. The Morgan fingerprint density at radius 3 is 2.41 bits per heavy atom. The lowest BCUT2D eigenvalue weighted by Gasteiger charge is -2.23. The fourth-order valence-corrected chi connectivity index (χ4v) is 5.01. The van der Waals surface area contributed by atoms with Crippen molar-refractivity contribution in [1.82, 2.24) is 19.9 Å². The average Bonchev–Trinajstić information content (AvgIpc) is 3.50. The molecular formula is C27H30Br2N8O2. The second-order valence-electron chi connectivity index (χ2n) is 8.94. The molecule has 4 aromatic rings. The van der Waals surface area contributed by atoms with Crippen LogP contribution in [0.15, 0.2) is 54.7 Å². The number of aryl methyl sites for hydroxylation is 1. The number of carbonyl (C=O) groups excluding carboxylic acids is 2. The molecule has 0 saturated heterocycles. The standard InChI is InChI=1S/C27H30Br2N8O2/c1-36-16-19(33-27(39)17-2-5-20(6-3-17)37(12-9-28)13-10-29)15-23(36)25-34-21-7-4-18(14-22(21)35-25)26(38)32-11-8-24(30)31/h2-7,14-16H,8-13H2,1H3,(H3,30,31)(H,32,38)(H,33,39)(H,34,35). The van der Waals surface area contributed by atoms with E-state index in [0.29, 0.717) is 46.6 Å². The minimum absolute atomic E-state index is 0.0260. The van der Waals surface area contributed by atoms with Crippen molar-refractivity contribution in [2.45, 2.75) is 6.42 Å². The van der Waals surface area contributed by atoms with Gasteiger partial charge in [0.05, 0.1) is 28.3 Å². The minimum atomic E-state index is -0.245. The van der Waals surface area contributed by atoms with Gasteiger partial charge in [0.15, 0.2) is 5.82 Å². The second kappa shape index (κ2) is 12.9. The SMILES string of the molecule is Cn1cc(NC(=O)c2ccc(N(CCBr)CCBr)cc2)cc1-c1nc2ccc(C(=O)NCCC(=N)N)cc2[nH]1. The molecule has 0 aliphatic rings. The normalized spacial score (nSPS) is 10.9. The third kappa shape index (κ3) is 7.07. The van der Waals surface area contributed by atoms with Gasteiger partial charge in [-0.05, 0) is 48.5 Å². The maximum absolute atomic E-state index is 12.9. The number of aromatic amines is 1. The summed E-state index contributed by atoms with van der Waals surface area (Å²) in [6, 6.07) is 14.7. The Hall–Kier alpha value is -3.64. The van der Waals surface area contributed by atoms with E-state index in [1.54, 1.807) is 18.2 Å². The van der Waals surface area contributed by atoms with Crippen molar-refractivity contribution in [3.05, 3.63) is 65.9 Å². The van der Waals surface area contributed by atoms with Crippen LogP contribution in [0.25, 0.3) is 22.6 Å². The summed E-state index contributed by atoms with van der Waals surface area (Å²) in [5.41, 5.74) is 10.3. The molecule has 0 spiro atoms. The molecule has 6 N–H and O–H groups in total. The van der Waals surface area contributed by atoms with Gasteiger partial charge in [-0.2, -0.15) is 0 Å². The number of halogens is 2. The smallest absolute Gasteiger partial charge is 0.255 e. The van der Waals surface area contributed by atoms with E-state index >= 15 is 0 Å². The van der Waals surface area contributed by atoms with Crippen LogP contribution in [0.3, 0.4) is 0 Å². The quantitative estimate of drug-likeness (QED) is 0.0867. The Labute approximate surface area is 243 Å². The molecule has 0 aliphatic heterocycles. The number of hydrogen-bond acceptors (Lipinski definition) is 5. The first-order chi connectivity index (χ1) is 18.8. The number of aromatic nitrogens is 3. The molecule has 0 aliphatic carbocycles. The van der Waals surface area contributed by atoms with E-state index in [0.717, 1.165) is 35.1 Å². The van der Waals surface area contributed by atoms with E-state index < -0.39 is 0 Å². The number of amidine groups is 1. The molecule has 0 unspecified atom stereocenters. The molecule has 2 amide bonds. The number of anilines is 2. The van der Waals surface area contributed by atoms with Gasteiger partial charge >= 0.3 is 0 Å². The molecule has 2 aromatic carbocycles. The number of alkyl halides is 2. The van der Waals surface area contributed by atoms with E-state index in [-0.39, 0.29) is 17.6 Å². The zero-order valence-electron chi connectivity index (χ0n) is 21.4. The number of imidazole rings is 1. The Morgan fingerprint density at radius 1 is 1.05 bits per heavy atom. The predicted octanol–water partition coefficient (Wildman–Crippen LogP) is 4.47. The van der Waals surface area contributed by atoms with E-state index in [9.17, 15) is 9.59 Å². The molecule has 204 valence electrons. The highest BCUT2D eigenvalue weighted by Crippen LogP contribution is 2.26. The number of rotatable bonds is 12. The van der Waals surface area contributed by atoms with Crippen molar-refractivity contribution < 1.29 is 9.59 Å². The van der Waals surface area contributed by atoms with Crippen LogP contribution in [0.5, 0.6) is 0 Å². The Bertz CT molecular complexity index is 1470. The van der Waals surface area contributed by atoms with Gasteiger partial charge in [0.1, 0.15) is 0 Å². The number of fused-ring (bicyclic) bond motifs is 1. The van der Waals surface area contributed by atoms with Crippen molar-refractivity contribution in [1.29, 1.82) is 5.41 Å². The van der Waals surface area contributed by atoms with Gasteiger partial charge in [-0.25, -0.2) is 4.98 Å².